The molecule has 0 atom stereocenters. The molecule has 0 saturated heterocycles. The smallest absolute Gasteiger partial charge is 0.105 e. The van der Waals surface area contributed by atoms with E-state index in [1.54, 1.807) is 0 Å². The molecule has 0 fully saturated rings. The average molecular weight is 257 g/mol. The molecule has 0 amide bonds. The summed E-state index contributed by atoms with van der Waals surface area (Å²) in [5.41, 5.74) is 2.49. The molecular weight excluding hydrogens is 222 g/mol. The zero-order chi connectivity index (χ0) is 15.1. The number of hydrogen-bond donors (Lipinski definition) is 1. The Balaban J connectivity index is -0.000000328. The summed E-state index contributed by atoms with van der Waals surface area (Å²) in [6.45, 7) is 17.1. The molecule has 1 aromatic rings. The topological polar surface area (TPSA) is 29.9 Å². The predicted molar refractivity (Wildman–Crippen MR) is 84.4 cm³/mol. The second-order valence-electron chi connectivity index (χ2n) is 3.10. The first kappa shape index (κ1) is 22.4. The lowest BCUT2D eigenvalue weighted by Crippen LogP contribution is -2.13. The zero-order valence-electron chi connectivity index (χ0n) is 14.3. The second-order valence-corrected chi connectivity index (χ2v) is 3.10. The monoisotopic (exact) mass is 257 g/mol. The molecule has 0 unspecified atom stereocenters. The molecule has 0 aliphatic carbocycles. The Morgan fingerprint density at radius 1 is 1.00 bits per heavy atom. The van der Waals surface area contributed by atoms with Gasteiger partial charge in [-0.2, -0.15) is 0 Å². The van der Waals surface area contributed by atoms with Crippen LogP contribution in [0.2, 0.25) is 0 Å². The van der Waals surface area contributed by atoms with Crippen molar-refractivity contribution in [3.8, 4) is 0 Å². The van der Waals surface area contributed by atoms with Gasteiger partial charge in [0.15, 0.2) is 0 Å². The number of rotatable bonds is 3. The van der Waals surface area contributed by atoms with Gasteiger partial charge in [0.1, 0.15) is 5.82 Å². The van der Waals surface area contributed by atoms with Crippen LogP contribution in [0.15, 0.2) is 0 Å². The molecule has 3 nitrogen and oxygen atoms in total. The van der Waals surface area contributed by atoms with E-state index in [9.17, 15) is 0 Å². The highest BCUT2D eigenvalue weighted by Crippen LogP contribution is 2.08. The highest BCUT2D eigenvalue weighted by atomic mass is 15.1. The Bertz CT molecular complexity index is 265. The zero-order valence-corrected chi connectivity index (χ0v) is 14.3. The Labute approximate surface area is 115 Å². The van der Waals surface area contributed by atoms with E-state index < -0.39 is 0 Å². The molecule has 0 bridgehead atoms. The molecule has 0 aromatic carbocycles. The first-order valence-corrected chi connectivity index (χ1v) is 7.30. The molecule has 1 heterocycles. The van der Waals surface area contributed by atoms with E-state index in [2.05, 4.69) is 28.8 Å². The number of hydrogen-bond acceptors (Lipinski definition) is 2. The van der Waals surface area contributed by atoms with E-state index in [4.69, 9.17) is 0 Å². The number of imidazole rings is 1. The van der Waals surface area contributed by atoms with Crippen molar-refractivity contribution in [1.29, 1.82) is 0 Å². The predicted octanol–water partition coefficient (Wildman–Crippen LogP) is 3.88. The van der Waals surface area contributed by atoms with Gasteiger partial charge in [0.25, 0.3) is 0 Å². The summed E-state index contributed by atoms with van der Waals surface area (Å²) in [7, 11) is 4.04. The molecular formula is C15H35N3. The van der Waals surface area contributed by atoms with Gasteiger partial charge in [-0.15, -0.1) is 0 Å². The summed E-state index contributed by atoms with van der Waals surface area (Å²) in [6.07, 6.45) is 1.06. The number of likely N-dealkylation sites (N-methyl/N-ethyl adjacent to an activating group) is 1. The molecule has 1 N–H and O–H groups in total. The Morgan fingerprint density at radius 3 is 1.72 bits per heavy atom. The molecule has 0 aliphatic heterocycles. The van der Waals surface area contributed by atoms with E-state index in [1.165, 1.54) is 5.69 Å². The Morgan fingerprint density at radius 2 is 1.44 bits per heavy atom. The number of nitrogens with one attached hydrogen (secondary N) is 1. The molecule has 110 valence electrons. The van der Waals surface area contributed by atoms with Crippen LogP contribution in [0.25, 0.3) is 0 Å². The summed E-state index contributed by atoms with van der Waals surface area (Å²) < 4.78 is 2.16. The minimum atomic E-state index is 1.01. The maximum absolute atomic E-state index is 4.40. The standard InChI is InChI=1S/C9H17N3.3C2H6/c1-7-9(5-6-10-3)12(4)8(2)11-7;3*1-2/h10H,5-6H2,1-4H3;3*1-2H3. The van der Waals surface area contributed by atoms with Crippen molar-refractivity contribution in [2.75, 3.05) is 13.6 Å². The van der Waals surface area contributed by atoms with Gasteiger partial charge in [-0.1, -0.05) is 41.5 Å². The van der Waals surface area contributed by atoms with Crippen molar-refractivity contribution in [2.24, 2.45) is 7.05 Å². The first-order valence-electron chi connectivity index (χ1n) is 7.30. The molecule has 0 spiro atoms. The highest BCUT2D eigenvalue weighted by molar-refractivity contribution is 5.15. The van der Waals surface area contributed by atoms with Gasteiger partial charge in [0.2, 0.25) is 0 Å². The molecule has 0 saturated carbocycles. The number of aromatic nitrogens is 2. The van der Waals surface area contributed by atoms with Gasteiger partial charge < -0.3 is 9.88 Å². The third-order valence-electron chi connectivity index (χ3n) is 2.25. The maximum atomic E-state index is 4.40. The van der Waals surface area contributed by atoms with Crippen LogP contribution in [-0.4, -0.2) is 23.1 Å². The van der Waals surface area contributed by atoms with Gasteiger partial charge in [-0.3, -0.25) is 0 Å². The second kappa shape index (κ2) is 16.2. The minimum Gasteiger partial charge on any atom is -0.335 e. The van der Waals surface area contributed by atoms with Crippen molar-refractivity contribution < 1.29 is 0 Å². The van der Waals surface area contributed by atoms with Crippen LogP contribution >= 0.6 is 0 Å². The third-order valence-corrected chi connectivity index (χ3v) is 2.25. The summed E-state index contributed by atoms with van der Waals surface area (Å²) in [5.74, 6) is 1.10. The molecule has 0 aliphatic rings. The lowest BCUT2D eigenvalue weighted by molar-refractivity contribution is 0.723. The quantitative estimate of drug-likeness (QED) is 0.890. The van der Waals surface area contributed by atoms with Crippen LogP contribution in [0.5, 0.6) is 0 Å². The third kappa shape index (κ3) is 8.29. The Kier molecular flexibility index (Phi) is 20.1. The largest absolute Gasteiger partial charge is 0.335 e. The van der Waals surface area contributed by atoms with Crippen molar-refractivity contribution in [3.05, 3.63) is 17.2 Å². The maximum Gasteiger partial charge on any atom is 0.105 e. The Hall–Kier alpha value is -0.830. The fraction of sp³-hybridized carbons (Fsp3) is 0.800. The van der Waals surface area contributed by atoms with E-state index in [-0.39, 0.29) is 0 Å². The first-order chi connectivity index (χ1) is 8.66. The molecule has 18 heavy (non-hydrogen) atoms. The van der Waals surface area contributed by atoms with Crippen LogP contribution in [0, 0.1) is 13.8 Å². The van der Waals surface area contributed by atoms with Gasteiger partial charge in [-0.25, -0.2) is 4.98 Å². The highest BCUT2D eigenvalue weighted by Gasteiger charge is 2.06. The average Bonchev–Trinajstić information content (AvgIpc) is 2.68. The molecule has 1 rings (SSSR count). The van der Waals surface area contributed by atoms with Crippen molar-refractivity contribution in [2.45, 2.75) is 61.8 Å². The molecule has 3 heteroatoms. The van der Waals surface area contributed by atoms with Crippen molar-refractivity contribution in [1.82, 2.24) is 14.9 Å². The summed E-state index contributed by atoms with van der Waals surface area (Å²) in [4.78, 5) is 4.40. The molecule has 1 aromatic heterocycles. The summed E-state index contributed by atoms with van der Waals surface area (Å²) >= 11 is 0. The van der Waals surface area contributed by atoms with Gasteiger partial charge >= 0.3 is 0 Å². The van der Waals surface area contributed by atoms with Crippen LogP contribution < -0.4 is 5.32 Å². The van der Waals surface area contributed by atoms with Crippen LogP contribution in [0.4, 0.5) is 0 Å². The molecule has 0 radical (unpaired) electrons. The lowest BCUT2D eigenvalue weighted by atomic mass is 10.2. The van der Waals surface area contributed by atoms with Gasteiger partial charge in [-0.05, 0) is 20.9 Å². The van der Waals surface area contributed by atoms with Crippen LogP contribution in [0.3, 0.4) is 0 Å². The van der Waals surface area contributed by atoms with E-state index in [1.807, 2.05) is 55.5 Å². The van der Waals surface area contributed by atoms with E-state index in [0.717, 1.165) is 24.5 Å². The van der Waals surface area contributed by atoms with E-state index >= 15 is 0 Å². The van der Waals surface area contributed by atoms with Crippen molar-refractivity contribution in [3.63, 3.8) is 0 Å². The van der Waals surface area contributed by atoms with Gasteiger partial charge in [0, 0.05) is 25.7 Å². The fourth-order valence-corrected chi connectivity index (χ4v) is 1.41. The van der Waals surface area contributed by atoms with Gasteiger partial charge in [0.05, 0.1) is 5.69 Å². The summed E-state index contributed by atoms with van der Waals surface area (Å²) in [5, 5.41) is 3.14. The SMILES string of the molecule is CC.CC.CC.CNCCc1c(C)nc(C)n1C. The number of aryl methyl sites for hydroxylation is 2. The fourth-order valence-electron chi connectivity index (χ4n) is 1.41. The van der Waals surface area contributed by atoms with E-state index in [0.29, 0.717) is 0 Å². The van der Waals surface area contributed by atoms with Crippen molar-refractivity contribution >= 4 is 0 Å². The lowest BCUT2D eigenvalue weighted by Gasteiger charge is -2.03. The minimum absolute atomic E-state index is 1.01. The van der Waals surface area contributed by atoms with Crippen LogP contribution in [-0.2, 0) is 13.5 Å². The normalized spacial score (nSPS) is 8.11. The number of nitrogens with zero attached hydrogens (tertiary/aromatic N) is 2. The summed E-state index contributed by atoms with van der Waals surface area (Å²) in [6, 6.07) is 0. The van der Waals surface area contributed by atoms with Crippen LogP contribution in [0.1, 0.15) is 58.8 Å².